The van der Waals surface area contributed by atoms with Crippen molar-refractivity contribution in [3.63, 3.8) is 0 Å². The maximum Gasteiger partial charge on any atom is 0.410 e. The van der Waals surface area contributed by atoms with E-state index in [9.17, 15) is 9.90 Å². The third-order valence-corrected chi connectivity index (χ3v) is 5.92. The van der Waals surface area contributed by atoms with E-state index in [1.807, 2.05) is 53.0 Å². The molecule has 144 valence electrons. The molecule has 1 N–H and O–H groups in total. The van der Waals surface area contributed by atoms with Crippen molar-refractivity contribution in [1.82, 2.24) is 14.7 Å². The molecule has 0 aliphatic carbocycles. The second kappa shape index (κ2) is 7.35. The quantitative estimate of drug-likeness (QED) is 0.896. The highest BCUT2D eigenvalue weighted by Gasteiger charge is 2.49. The Morgan fingerprint density at radius 1 is 1.26 bits per heavy atom. The molecule has 1 aromatic carbocycles. The van der Waals surface area contributed by atoms with Gasteiger partial charge in [0.1, 0.15) is 6.61 Å². The lowest BCUT2D eigenvalue weighted by molar-refractivity contribution is -0.0896. The van der Waals surface area contributed by atoms with Crippen molar-refractivity contribution >= 4 is 6.09 Å². The highest BCUT2D eigenvalue weighted by molar-refractivity contribution is 5.69. The molecular weight excluding hydrogens is 342 g/mol. The molecule has 4 rings (SSSR count). The van der Waals surface area contributed by atoms with Gasteiger partial charge in [0.05, 0.1) is 11.8 Å². The van der Waals surface area contributed by atoms with Gasteiger partial charge in [-0.1, -0.05) is 30.3 Å². The molecule has 2 fully saturated rings. The van der Waals surface area contributed by atoms with E-state index in [0.717, 1.165) is 36.9 Å². The number of ether oxygens (including phenoxy) is 1. The summed E-state index contributed by atoms with van der Waals surface area (Å²) >= 11 is 0. The van der Waals surface area contributed by atoms with Gasteiger partial charge in [0, 0.05) is 43.2 Å². The molecule has 6 nitrogen and oxygen atoms in total. The van der Waals surface area contributed by atoms with Crippen LogP contribution in [-0.2, 0) is 23.5 Å². The molecule has 3 heterocycles. The highest BCUT2D eigenvalue weighted by Crippen LogP contribution is 2.44. The smallest absolute Gasteiger partial charge is 0.410 e. The summed E-state index contributed by atoms with van der Waals surface area (Å²) in [6, 6.07) is 9.75. The molecule has 2 atom stereocenters. The number of benzene rings is 1. The molecule has 2 aliphatic heterocycles. The maximum absolute atomic E-state index is 12.8. The lowest BCUT2D eigenvalue weighted by Crippen LogP contribution is -2.58. The third kappa shape index (κ3) is 3.58. The Labute approximate surface area is 159 Å². The van der Waals surface area contributed by atoms with E-state index in [-0.39, 0.29) is 24.8 Å². The van der Waals surface area contributed by atoms with Crippen molar-refractivity contribution < 1.29 is 14.6 Å². The molecule has 2 bridgehead atoms. The minimum absolute atomic E-state index is 0.00995. The predicted molar refractivity (Wildman–Crippen MR) is 101 cm³/mol. The zero-order valence-electron chi connectivity index (χ0n) is 15.8. The largest absolute Gasteiger partial charge is 0.445 e. The van der Waals surface area contributed by atoms with E-state index in [4.69, 9.17) is 4.74 Å². The number of aromatic nitrogens is 2. The Balaban J connectivity index is 1.47. The average Bonchev–Trinajstić information content (AvgIpc) is 3.16. The number of carbonyl (C=O) groups is 1. The monoisotopic (exact) mass is 369 g/mol. The van der Waals surface area contributed by atoms with Crippen LogP contribution in [0.5, 0.6) is 0 Å². The number of nitrogens with zero attached hydrogens (tertiary/aromatic N) is 3. The van der Waals surface area contributed by atoms with Crippen molar-refractivity contribution in [2.45, 2.75) is 69.9 Å². The van der Waals surface area contributed by atoms with Gasteiger partial charge in [-0.15, -0.1) is 0 Å². The molecule has 1 aromatic heterocycles. The summed E-state index contributed by atoms with van der Waals surface area (Å²) in [7, 11) is 0. The number of piperidine rings is 2. The van der Waals surface area contributed by atoms with Gasteiger partial charge in [-0.3, -0.25) is 4.68 Å². The van der Waals surface area contributed by atoms with Crippen LogP contribution in [-0.4, -0.2) is 38.0 Å². The van der Waals surface area contributed by atoms with E-state index in [0.29, 0.717) is 12.8 Å². The Kier molecular flexibility index (Phi) is 4.91. The summed E-state index contributed by atoms with van der Waals surface area (Å²) in [5.41, 5.74) is 0.925. The van der Waals surface area contributed by atoms with Gasteiger partial charge in [-0.05, 0) is 31.7 Å². The maximum atomic E-state index is 12.8. The van der Waals surface area contributed by atoms with Crippen molar-refractivity contribution in [3.05, 3.63) is 53.9 Å². The average molecular weight is 369 g/mol. The van der Waals surface area contributed by atoms with E-state index < -0.39 is 5.60 Å². The highest BCUT2D eigenvalue weighted by atomic mass is 16.6. The van der Waals surface area contributed by atoms with Gasteiger partial charge in [0.15, 0.2) is 0 Å². The van der Waals surface area contributed by atoms with Gasteiger partial charge in [0.25, 0.3) is 0 Å². The Hall–Kier alpha value is -2.34. The second-order valence-corrected chi connectivity index (χ2v) is 7.71. The van der Waals surface area contributed by atoms with Crippen LogP contribution in [0.3, 0.4) is 0 Å². The summed E-state index contributed by atoms with van der Waals surface area (Å²) in [5, 5.41) is 15.7. The molecular formula is C21H27N3O3. The number of hydrogen-bond donors (Lipinski definition) is 1. The first-order valence-corrected chi connectivity index (χ1v) is 9.83. The number of amides is 1. The molecule has 1 amide bonds. The number of hydrogen-bond acceptors (Lipinski definition) is 4. The molecule has 6 heteroatoms. The van der Waals surface area contributed by atoms with Gasteiger partial charge in [-0.2, -0.15) is 5.10 Å². The van der Waals surface area contributed by atoms with Gasteiger partial charge in [0.2, 0.25) is 0 Å². The molecule has 27 heavy (non-hydrogen) atoms. The van der Waals surface area contributed by atoms with Crippen molar-refractivity contribution in [1.29, 1.82) is 0 Å². The molecule has 2 unspecified atom stereocenters. The molecule has 0 radical (unpaired) electrons. The van der Waals surface area contributed by atoms with E-state index in [1.54, 1.807) is 6.20 Å². The van der Waals surface area contributed by atoms with Crippen LogP contribution in [0.1, 0.15) is 50.2 Å². The molecule has 0 saturated carbocycles. The van der Waals surface area contributed by atoms with E-state index in [2.05, 4.69) is 5.10 Å². The molecule has 2 aromatic rings. The number of aliphatic hydroxyl groups is 1. The van der Waals surface area contributed by atoms with Crippen LogP contribution >= 0.6 is 0 Å². The van der Waals surface area contributed by atoms with E-state index in [1.165, 1.54) is 0 Å². The third-order valence-electron chi connectivity index (χ3n) is 5.92. The number of rotatable bonds is 4. The molecule has 0 spiro atoms. The van der Waals surface area contributed by atoms with Crippen LogP contribution in [0.2, 0.25) is 0 Å². The van der Waals surface area contributed by atoms with E-state index >= 15 is 0 Å². The van der Waals surface area contributed by atoms with Crippen LogP contribution in [0.15, 0.2) is 42.7 Å². The van der Waals surface area contributed by atoms with Crippen molar-refractivity contribution in [2.24, 2.45) is 0 Å². The standard InChI is InChI=1S/C21H27N3O3/c1-2-23-14-17(13-22-23)21(26)11-18-9-6-10-19(12-21)24(18)20(25)27-15-16-7-4-3-5-8-16/h3-5,7-8,13-14,18-19,26H,2,6,9-12,15H2,1H3. The summed E-state index contributed by atoms with van der Waals surface area (Å²) in [6.45, 7) is 3.09. The number of fused-ring (bicyclic) bond motifs is 2. The SMILES string of the molecule is CCn1cc(C2(O)CC3CCCC(C2)N3C(=O)OCc2ccccc2)cn1. The number of carbonyl (C=O) groups excluding carboxylic acids is 1. The van der Waals surface area contributed by atoms with Gasteiger partial charge >= 0.3 is 6.09 Å². The Morgan fingerprint density at radius 3 is 2.59 bits per heavy atom. The van der Waals surface area contributed by atoms with Crippen LogP contribution < -0.4 is 0 Å². The summed E-state index contributed by atoms with van der Waals surface area (Å²) in [5.74, 6) is 0. The second-order valence-electron chi connectivity index (χ2n) is 7.71. The first-order valence-electron chi connectivity index (χ1n) is 9.83. The van der Waals surface area contributed by atoms with Crippen molar-refractivity contribution in [2.75, 3.05) is 0 Å². The van der Waals surface area contributed by atoms with Crippen LogP contribution in [0.4, 0.5) is 4.79 Å². The Morgan fingerprint density at radius 2 is 1.96 bits per heavy atom. The van der Waals surface area contributed by atoms with Crippen LogP contribution in [0.25, 0.3) is 0 Å². The minimum atomic E-state index is -0.917. The zero-order chi connectivity index (χ0) is 18.9. The number of aryl methyl sites for hydroxylation is 1. The zero-order valence-corrected chi connectivity index (χ0v) is 15.8. The van der Waals surface area contributed by atoms with Gasteiger partial charge < -0.3 is 14.7 Å². The topological polar surface area (TPSA) is 67.6 Å². The first-order chi connectivity index (χ1) is 13.1. The normalized spacial score (nSPS) is 27.4. The van der Waals surface area contributed by atoms with Crippen LogP contribution in [0, 0.1) is 0 Å². The summed E-state index contributed by atoms with van der Waals surface area (Å²) in [4.78, 5) is 14.7. The Bertz CT molecular complexity index is 775. The lowest BCUT2D eigenvalue weighted by Gasteiger charge is -2.51. The fraction of sp³-hybridized carbons (Fsp3) is 0.524. The summed E-state index contributed by atoms with van der Waals surface area (Å²) < 4.78 is 7.43. The fourth-order valence-electron chi connectivity index (χ4n) is 4.53. The lowest BCUT2D eigenvalue weighted by atomic mass is 9.73. The van der Waals surface area contributed by atoms with Crippen molar-refractivity contribution in [3.8, 4) is 0 Å². The first kappa shape index (κ1) is 18.0. The summed E-state index contributed by atoms with van der Waals surface area (Å²) in [6.07, 6.45) is 7.41. The fourth-order valence-corrected chi connectivity index (χ4v) is 4.53. The van der Waals surface area contributed by atoms with Gasteiger partial charge in [-0.25, -0.2) is 4.79 Å². The molecule has 2 saturated heterocycles. The predicted octanol–water partition coefficient (Wildman–Crippen LogP) is 3.44. The molecule has 2 aliphatic rings. The minimum Gasteiger partial charge on any atom is -0.445 e.